The van der Waals surface area contributed by atoms with Gasteiger partial charge in [0.25, 0.3) is 5.91 Å². The van der Waals surface area contributed by atoms with E-state index in [-0.39, 0.29) is 24.9 Å². The standard InChI is InChI=1S/C27H25F3N6O/c1-16-13-35(26(37)27(30)8-9-27)17(2)12-34(16)24-23-20(19-5-3-4-6-21(19)29)14-36(25(23)33-15-32-24)22-11-18(28)7-10-31-22/h3-7,10-11,14-17H,8-9,12-13H2,1-2H3/t16-,17+/m0/s1. The Bertz CT molecular complexity index is 1520. The van der Waals surface area contributed by atoms with Gasteiger partial charge in [0.15, 0.2) is 11.3 Å². The average Bonchev–Trinajstić information content (AvgIpc) is 3.52. The molecule has 4 heterocycles. The summed E-state index contributed by atoms with van der Waals surface area (Å²) in [5.41, 5.74) is -0.401. The van der Waals surface area contributed by atoms with Gasteiger partial charge in [0, 0.05) is 54.8 Å². The normalized spacial score (nSPS) is 20.9. The molecular weight excluding hydrogens is 481 g/mol. The lowest BCUT2D eigenvalue weighted by molar-refractivity contribution is -0.141. The maximum Gasteiger partial charge on any atom is 0.260 e. The zero-order chi connectivity index (χ0) is 25.9. The number of carbonyl (C=O) groups excluding carboxylic acids is 1. The van der Waals surface area contributed by atoms with Crippen molar-refractivity contribution in [1.82, 2.24) is 24.4 Å². The molecule has 1 aromatic carbocycles. The third-order valence-electron chi connectivity index (χ3n) is 7.27. The Balaban J connectivity index is 1.49. The van der Waals surface area contributed by atoms with Crippen molar-refractivity contribution in [2.75, 3.05) is 18.0 Å². The molecule has 0 N–H and O–H groups in total. The van der Waals surface area contributed by atoms with Crippen LogP contribution in [0.5, 0.6) is 0 Å². The zero-order valence-electron chi connectivity index (χ0n) is 20.4. The number of hydrogen-bond donors (Lipinski definition) is 0. The summed E-state index contributed by atoms with van der Waals surface area (Å²) >= 11 is 0. The van der Waals surface area contributed by atoms with E-state index in [1.807, 2.05) is 18.7 Å². The number of aromatic nitrogens is 4. The first-order chi connectivity index (χ1) is 17.8. The summed E-state index contributed by atoms with van der Waals surface area (Å²) in [6.07, 6.45) is 5.00. The van der Waals surface area contributed by atoms with Crippen molar-refractivity contribution in [3.8, 4) is 16.9 Å². The van der Waals surface area contributed by atoms with E-state index >= 15 is 4.39 Å². The van der Waals surface area contributed by atoms with Crippen LogP contribution in [-0.4, -0.2) is 61.2 Å². The average molecular weight is 507 g/mol. The topological polar surface area (TPSA) is 67.2 Å². The number of piperazine rings is 1. The van der Waals surface area contributed by atoms with Crippen LogP contribution in [0.25, 0.3) is 28.0 Å². The van der Waals surface area contributed by atoms with Gasteiger partial charge in [-0.3, -0.25) is 9.36 Å². The molecule has 0 bridgehead atoms. The first-order valence-electron chi connectivity index (χ1n) is 12.3. The van der Waals surface area contributed by atoms with Crippen LogP contribution in [0.1, 0.15) is 26.7 Å². The third-order valence-corrected chi connectivity index (χ3v) is 7.27. The van der Waals surface area contributed by atoms with Crippen LogP contribution in [0, 0.1) is 11.6 Å². The highest BCUT2D eigenvalue weighted by Gasteiger charge is 2.54. The molecule has 1 saturated carbocycles. The molecule has 10 heteroatoms. The number of hydrogen-bond acceptors (Lipinski definition) is 5. The van der Waals surface area contributed by atoms with Crippen LogP contribution < -0.4 is 4.90 Å². The second kappa shape index (κ2) is 8.57. The Labute approximate surface area is 211 Å². The van der Waals surface area contributed by atoms with Crippen molar-refractivity contribution >= 4 is 22.8 Å². The molecule has 2 fully saturated rings. The van der Waals surface area contributed by atoms with Gasteiger partial charge in [0.1, 0.15) is 29.6 Å². The Morgan fingerprint density at radius 3 is 2.51 bits per heavy atom. The Hall–Kier alpha value is -3.95. The minimum Gasteiger partial charge on any atom is -0.349 e. The van der Waals surface area contributed by atoms with Crippen molar-refractivity contribution in [3.63, 3.8) is 0 Å². The number of carbonyl (C=O) groups is 1. The van der Waals surface area contributed by atoms with Crippen molar-refractivity contribution < 1.29 is 18.0 Å². The minimum absolute atomic E-state index is 0.190. The van der Waals surface area contributed by atoms with E-state index in [0.29, 0.717) is 46.9 Å². The number of amides is 1. The molecule has 7 nitrogen and oxygen atoms in total. The van der Waals surface area contributed by atoms with Gasteiger partial charge in [0.2, 0.25) is 0 Å². The van der Waals surface area contributed by atoms with Crippen molar-refractivity contribution in [1.29, 1.82) is 0 Å². The highest BCUT2D eigenvalue weighted by atomic mass is 19.1. The number of fused-ring (bicyclic) bond motifs is 1. The number of nitrogens with zero attached hydrogens (tertiary/aromatic N) is 6. The van der Waals surface area contributed by atoms with Crippen molar-refractivity contribution in [2.24, 2.45) is 0 Å². The number of halogens is 3. The molecule has 0 spiro atoms. The second-order valence-electron chi connectivity index (χ2n) is 9.89. The Morgan fingerprint density at radius 2 is 1.78 bits per heavy atom. The Kier molecular flexibility index (Phi) is 5.43. The number of alkyl halides is 1. The quantitative estimate of drug-likeness (QED) is 0.402. The van der Waals surface area contributed by atoms with E-state index in [2.05, 4.69) is 15.0 Å². The maximum atomic E-state index is 15.0. The van der Waals surface area contributed by atoms with E-state index in [1.165, 1.54) is 30.7 Å². The number of benzene rings is 1. The fourth-order valence-electron chi connectivity index (χ4n) is 5.13. The summed E-state index contributed by atoms with van der Waals surface area (Å²) in [7, 11) is 0. The summed E-state index contributed by atoms with van der Waals surface area (Å²) in [5, 5.41) is 0.585. The van der Waals surface area contributed by atoms with Gasteiger partial charge >= 0.3 is 0 Å². The summed E-state index contributed by atoms with van der Waals surface area (Å²) in [4.78, 5) is 29.8. The molecule has 6 rings (SSSR count). The van der Waals surface area contributed by atoms with Gasteiger partial charge in [0.05, 0.1) is 5.39 Å². The van der Waals surface area contributed by atoms with Gasteiger partial charge in [-0.1, -0.05) is 18.2 Å². The highest BCUT2D eigenvalue weighted by Crippen LogP contribution is 2.43. The van der Waals surface area contributed by atoms with Gasteiger partial charge in [-0.15, -0.1) is 0 Å². The van der Waals surface area contributed by atoms with E-state index in [1.54, 1.807) is 33.9 Å². The number of pyridine rings is 1. The lowest BCUT2D eigenvalue weighted by atomic mass is 10.0. The third kappa shape index (κ3) is 3.91. The smallest absolute Gasteiger partial charge is 0.260 e. The van der Waals surface area contributed by atoms with Gasteiger partial charge < -0.3 is 9.80 Å². The van der Waals surface area contributed by atoms with E-state index in [9.17, 15) is 13.6 Å². The van der Waals surface area contributed by atoms with Crippen molar-refractivity contribution in [2.45, 2.75) is 44.4 Å². The van der Waals surface area contributed by atoms with E-state index in [4.69, 9.17) is 0 Å². The van der Waals surface area contributed by atoms with Crippen LogP contribution in [-0.2, 0) is 4.79 Å². The molecule has 1 amide bonds. The maximum absolute atomic E-state index is 15.0. The fraction of sp³-hybridized carbons (Fsp3) is 0.333. The van der Waals surface area contributed by atoms with Gasteiger partial charge in [-0.2, -0.15) is 0 Å². The number of anilines is 1. The lowest BCUT2D eigenvalue weighted by Crippen LogP contribution is -2.60. The van der Waals surface area contributed by atoms with Crippen LogP contribution in [0.4, 0.5) is 19.0 Å². The largest absolute Gasteiger partial charge is 0.349 e. The highest BCUT2D eigenvalue weighted by molar-refractivity contribution is 6.02. The molecule has 4 aromatic rings. The minimum atomic E-state index is -1.73. The first kappa shape index (κ1) is 23.4. The van der Waals surface area contributed by atoms with Crippen LogP contribution in [0.3, 0.4) is 0 Å². The first-order valence-corrected chi connectivity index (χ1v) is 12.3. The predicted molar refractivity (Wildman–Crippen MR) is 133 cm³/mol. The monoisotopic (exact) mass is 506 g/mol. The summed E-state index contributed by atoms with van der Waals surface area (Å²) in [5.74, 6) is -0.469. The van der Waals surface area contributed by atoms with Gasteiger partial charge in [-0.25, -0.2) is 28.1 Å². The Morgan fingerprint density at radius 1 is 1.00 bits per heavy atom. The zero-order valence-corrected chi connectivity index (χ0v) is 20.4. The van der Waals surface area contributed by atoms with E-state index < -0.39 is 23.2 Å². The van der Waals surface area contributed by atoms with Crippen LogP contribution >= 0.6 is 0 Å². The molecule has 2 aliphatic rings. The molecule has 1 saturated heterocycles. The molecule has 2 atom stereocenters. The fourth-order valence-corrected chi connectivity index (χ4v) is 5.13. The summed E-state index contributed by atoms with van der Waals surface area (Å²) in [6, 6.07) is 8.49. The molecule has 190 valence electrons. The summed E-state index contributed by atoms with van der Waals surface area (Å²) < 4.78 is 45.3. The summed E-state index contributed by atoms with van der Waals surface area (Å²) in [6.45, 7) is 4.58. The van der Waals surface area contributed by atoms with E-state index in [0.717, 1.165) is 0 Å². The molecule has 0 radical (unpaired) electrons. The molecule has 1 aliphatic heterocycles. The lowest BCUT2D eigenvalue weighted by Gasteiger charge is -2.45. The molecular formula is C27H25F3N6O. The van der Waals surface area contributed by atoms with Crippen LogP contribution in [0.2, 0.25) is 0 Å². The second-order valence-corrected chi connectivity index (χ2v) is 9.89. The molecule has 0 unspecified atom stereocenters. The molecule has 37 heavy (non-hydrogen) atoms. The van der Waals surface area contributed by atoms with Crippen molar-refractivity contribution in [3.05, 3.63) is 66.8 Å². The number of rotatable bonds is 4. The predicted octanol–water partition coefficient (Wildman–Crippen LogP) is 4.69. The van der Waals surface area contributed by atoms with Crippen LogP contribution in [0.15, 0.2) is 55.1 Å². The molecule has 1 aliphatic carbocycles. The van der Waals surface area contributed by atoms with Gasteiger partial charge in [-0.05, 0) is 38.8 Å². The SMILES string of the molecule is C[C@@H]1CN(c2ncnc3c2c(-c2ccccc2F)cn3-c2cc(F)ccn2)[C@@H](C)CN1C(=O)C1(F)CC1. The molecule has 3 aromatic heterocycles.